The third-order valence-corrected chi connectivity index (χ3v) is 4.24. The molecule has 0 saturated carbocycles. The number of fused-ring (bicyclic) bond motifs is 1. The van der Waals surface area contributed by atoms with E-state index in [-0.39, 0.29) is 11.8 Å². The van der Waals surface area contributed by atoms with Gasteiger partial charge in [-0.15, -0.1) is 0 Å². The molecule has 2 nitrogen and oxygen atoms in total. The molecular formula is C18H18O2. The minimum absolute atomic E-state index is 0.0302. The summed E-state index contributed by atoms with van der Waals surface area (Å²) in [7, 11) is 0. The van der Waals surface area contributed by atoms with Crippen LogP contribution in [0, 0.1) is 12.8 Å². The third-order valence-electron chi connectivity index (χ3n) is 4.24. The molecule has 1 N–H and O–H groups in total. The average Bonchev–Trinajstić information content (AvgIpc) is 2.46. The van der Waals surface area contributed by atoms with Gasteiger partial charge in [0, 0.05) is 5.92 Å². The molecule has 2 aromatic carbocycles. The van der Waals surface area contributed by atoms with E-state index < -0.39 is 5.97 Å². The van der Waals surface area contributed by atoms with Gasteiger partial charge in [-0.05, 0) is 36.5 Å². The second kappa shape index (κ2) is 5.12. The van der Waals surface area contributed by atoms with E-state index in [9.17, 15) is 9.90 Å². The quantitative estimate of drug-likeness (QED) is 0.898. The molecule has 3 rings (SSSR count). The van der Waals surface area contributed by atoms with Crippen molar-refractivity contribution in [3.05, 3.63) is 70.8 Å². The average molecular weight is 266 g/mol. The van der Waals surface area contributed by atoms with Crippen molar-refractivity contribution in [2.45, 2.75) is 25.7 Å². The molecular weight excluding hydrogens is 248 g/mol. The van der Waals surface area contributed by atoms with Gasteiger partial charge in [-0.2, -0.15) is 0 Å². The van der Waals surface area contributed by atoms with Crippen LogP contribution in [0.25, 0.3) is 0 Å². The maximum absolute atomic E-state index is 11.6. The van der Waals surface area contributed by atoms with Crippen molar-refractivity contribution in [3.8, 4) is 0 Å². The Morgan fingerprint density at radius 3 is 2.60 bits per heavy atom. The van der Waals surface area contributed by atoms with Crippen molar-refractivity contribution < 1.29 is 9.90 Å². The van der Waals surface area contributed by atoms with Gasteiger partial charge in [0.15, 0.2) is 0 Å². The predicted molar refractivity (Wildman–Crippen MR) is 78.9 cm³/mol. The predicted octanol–water partition coefficient (Wildman–Crippen LogP) is 3.77. The SMILES string of the molecule is Cc1ccc2c(c1)C(c1ccccc1)C(C(=O)O)CC2. The lowest BCUT2D eigenvalue weighted by Crippen LogP contribution is -2.28. The number of aliphatic carboxylic acids is 1. The molecule has 1 aliphatic carbocycles. The molecule has 0 aliphatic heterocycles. The first-order valence-corrected chi connectivity index (χ1v) is 7.04. The smallest absolute Gasteiger partial charge is 0.307 e. The Morgan fingerprint density at radius 2 is 1.90 bits per heavy atom. The topological polar surface area (TPSA) is 37.3 Å². The molecule has 0 bridgehead atoms. The summed E-state index contributed by atoms with van der Waals surface area (Å²) in [6, 6.07) is 16.4. The van der Waals surface area contributed by atoms with E-state index >= 15 is 0 Å². The van der Waals surface area contributed by atoms with Crippen LogP contribution in [0.1, 0.15) is 34.6 Å². The summed E-state index contributed by atoms with van der Waals surface area (Å²) >= 11 is 0. The Hall–Kier alpha value is -2.09. The van der Waals surface area contributed by atoms with Crippen molar-refractivity contribution in [1.29, 1.82) is 0 Å². The first-order chi connectivity index (χ1) is 9.66. The van der Waals surface area contributed by atoms with Crippen LogP contribution in [0.15, 0.2) is 48.5 Å². The van der Waals surface area contributed by atoms with Gasteiger partial charge in [0.2, 0.25) is 0 Å². The Bertz CT molecular complexity index is 631. The van der Waals surface area contributed by atoms with E-state index in [0.29, 0.717) is 6.42 Å². The molecule has 2 aromatic rings. The van der Waals surface area contributed by atoms with Crippen LogP contribution in [0.3, 0.4) is 0 Å². The number of carbonyl (C=O) groups is 1. The fraction of sp³-hybridized carbons (Fsp3) is 0.278. The standard InChI is InChI=1S/C18H18O2/c1-12-7-8-13-9-10-15(18(19)20)17(16(13)11-12)14-5-3-2-4-6-14/h2-8,11,15,17H,9-10H2,1H3,(H,19,20). The Labute approximate surface area is 119 Å². The molecule has 1 aliphatic rings. The van der Waals surface area contributed by atoms with Crippen LogP contribution in [0.2, 0.25) is 0 Å². The maximum Gasteiger partial charge on any atom is 0.307 e. The summed E-state index contributed by atoms with van der Waals surface area (Å²) < 4.78 is 0. The van der Waals surface area contributed by atoms with Gasteiger partial charge < -0.3 is 5.11 Å². The first kappa shape index (κ1) is 12.9. The van der Waals surface area contributed by atoms with E-state index in [1.807, 2.05) is 30.3 Å². The number of hydrogen-bond donors (Lipinski definition) is 1. The zero-order valence-corrected chi connectivity index (χ0v) is 11.5. The summed E-state index contributed by atoms with van der Waals surface area (Å²) in [6.07, 6.45) is 1.57. The zero-order chi connectivity index (χ0) is 14.1. The normalized spacial score (nSPS) is 21.2. The molecule has 0 fully saturated rings. The summed E-state index contributed by atoms with van der Waals surface area (Å²) in [4.78, 5) is 11.6. The lowest BCUT2D eigenvalue weighted by molar-refractivity contribution is -0.142. The van der Waals surface area contributed by atoms with Crippen LogP contribution in [-0.2, 0) is 11.2 Å². The zero-order valence-electron chi connectivity index (χ0n) is 11.5. The molecule has 20 heavy (non-hydrogen) atoms. The number of aryl methyl sites for hydroxylation is 2. The fourth-order valence-electron chi connectivity index (χ4n) is 3.26. The number of carboxylic acid groups (broad SMARTS) is 1. The fourth-order valence-corrected chi connectivity index (χ4v) is 3.26. The molecule has 102 valence electrons. The van der Waals surface area contributed by atoms with Gasteiger partial charge in [0.05, 0.1) is 5.92 Å². The van der Waals surface area contributed by atoms with Crippen molar-refractivity contribution in [2.24, 2.45) is 5.92 Å². The van der Waals surface area contributed by atoms with Crippen LogP contribution >= 0.6 is 0 Å². The van der Waals surface area contributed by atoms with E-state index in [4.69, 9.17) is 0 Å². The molecule has 2 unspecified atom stereocenters. The second-order valence-corrected chi connectivity index (χ2v) is 5.57. The van der Waals surface area contributed by atoms with Gasteiger partial charge in [0.25, 0.3) is 0 Å². The highest BCUT2D eigenvalue weighted by Crippen LogP contribution is 2.41. The lowest BCUT2D eigenvalue weighted by Gasteiger charge is -2.32. The monoisotopic (exact) mass is 266 g/mol. The van der Waals surface area contributed by atoms with Crippen molar-refractivity contribution in [1.82, 2.24) is 0 Å². The molecule has 0 spiro atoms. The van der Waals surface area contributed by atoms with Crippen molar-refractivity contribution in [3.63, 3.8) is 0 Å². The number of benzene rings is 2. The molecule has 2 atom stereocenters. The Balaban J connectivity index is 2.15. The van der Waals surface area contributed by atoms with Crippen LogP contribution in [0.4, 0.5) is 0 Å². The number of carboxylic acids is 1. The van der Waals surface area contributed by atoms with Gasteiger partial charge in [0.1, 0.15) is 0 Å². The highest BCUT2D eigenvalue weighted by atomic mass is 16.4. The Kier molecular flexibility index (Phi) is 3.31. The van der Waals surface area contributed by atoms with Gasteiger partial charge in [-0.25, -0.2) is 0 Å². The van der Waals surface area contributed by atoms with Gasteiger partial charge in [-0.3, -0.25) is 4.79 Å². The van der Waals surface area contributed by atoms with E-state index in [0.717, 1.165) is 12.0 Å². The second-order valence-electron chi connectivity index (χ2n) is 5.57. The van der Waals surface area contributed by atoms with Crippen LogP contribution < -0.4 is 0 Å². The molecule has 0 heterocycles. The summed E-state index contributed by atoms with van der Waals surface area (Å²) in [6.45, 7) is 2.06. The molecule has 0 aromatic heterocycles. The van der Waals surface area contributed by atoms with Gasteiger partial charge >= 0.3 is 5.97 Å². The van der Waals surface area contributed by atoms with E-state index in [2.05, 4.69) is 25.1 Å². The molecule has 0 amide bonds. The molecule has 0 radical (unpaired) electrons. The lowest BCUT2D eigenvalue weighted by atomic mass is 9.71. The maximum atomic E-state index is 11.6. The van der Waals surface area contributed by atoms with Crippen molar-refractivity contribution >= 4 is 5.97 Å². The summed E-state index contributed by atoms with van der Waals surface area (Å²) in [5.74, 6) is -1.05. The van der Waals surface area contributed by atoms with Crippen molar-refractivity contribution in [2.75, 3.05) is 0 Å². The van der Waals surface area contributed by atoms with Crippen LogP contribution in [0.5, 0.6) is 0 Å². The van der Waals surface area contributed by atoms with Gasteiger partial charge in [-0.1, -0.05) is 54.1 Å². The highest BCUT2D eigenvalue weighted by Gasteiger charge is 2.35. The number of rotatable bonds is 2. The summed E-state index contributed by atoms with van der Waals surface area (Å²) in [5.41, 5.74) is 4.78. The van der Waals surface area contributed by atoms with Crippen LogP contribution in [-0.4, -0.2) is 11.1 Å². The largest absolute Gasteiger partial charge is 0.481 e. The summed E-state index contributed by atoms with van der Waals surface area (Å²) in [5, 5.41) is 9.56. The van der Waals surface area contributed by atoms with E-state index in [1.165, 1.54) is 16.7 Å². The first-order valence-electron chi connectivity index (χ1n) is 7.04. The highest BCUT2D eigenvalue weighted by molar-refractivity contribution is 5.73. The molecule has 2 heteroatoms. The Morgan fingerprint density at radius 1 is 1.15 bits per heavy atom. The van der Waals surface area contributed by atoms with E-state index in [1.54, 1.807) is 0 Å². The third kappa shape index (κ3) is 2.22. The minimum atomic E-state index is -0.689. The minimum Gasteiger partial charge on any atom is -0.481 e. The number of hydrogen-bond acceptors (Lipinski definition) is 1. The molecule has 0 saturated heterocycles.